The lowest BCUT2D eigenvalue weighted by Gasteiger charge is -2.31. The number of aromatic nitrogens is 5. The molecule has 0 bridgehead atoms. The minimum Gasteiger partial charge on any atom is -0.453 e. The molecule has 1 aliphatic rings. The highest BCUT2D eigenvalue weighted by Crippen LogP contribution is 2.27. The summed E-state index contributed by atoms with van der Waals surface area (Å²) in [7, 11) is 3.58. The van der Waals surface area contributed by atoms with Gasteiger partial charge in [-0.2, -0.15) is 0 Å². The van der Waals surface area contributed by atoms with Crippen LogP contribution in [0.4, 0.5) is 0 Å². The summed E-state index contributed by atoms with van der Waals surface area (Å²) in [5, 5.41) is 8.76. The Bertz CT molecular complexity index is 930. The summed E-state index contributed by atoms with van der Waals surface area (Å²) < 4.78 is 14.6. The predicted octanol–water partition coefficient (Wildman–Crippen LogP) is 1.82. The molecule has 4 rings (SSSR count). The van der Waals surface area contributed by atoms with Crippen LogP contribution in [0.15, 0.2) is 35.3 Å². The van der Waals surface area contributed by atoms with Crippen molar-refractivity contribution in [2.45, 2.75) is 31.9 Å². The normalized spacial score (nSPS) is 17.2. The predicted molar refractivity (Wildman–Crippen MR) is 99.6 cm³/mol. The third kappa shape index (κ3) is 3.70. The molecule has 1 unspecified atom stereocenters. The summed E-state index contributed by atoms with van der Waals surface area (Å²) in [5.41, 5.74) is 0. The van der Waals surface area contributed by atoms with Gasteiger partial charge < -0.3 is 23.2 Å². The van der Waals surface area contributed by atoms with E-state index in [1.54, 1.807) is 31.8 Å². The summed E-state index contributed by atoms with van der Waals surface area (Å²) in [6.45, 7) is 2.30. The molecule has 9 heteroatoms. The van der Waals surface area contributed by atoms with Gasteiger partial charge in [-0.05, 0) is 25.0 Å². The van der Waals surface area contributed by atoms with Gasteiger partial charge in [0.1, 0.15) is 18.2 Å². The molecule has 0 aliphatic carbocycles. The summed E-state index contributed by atoms with van der Waals surface area (Å²) in [4.78, 5) is 18.7. The summed E-state index contributed by atoms with van der Waals surface area (Å²) >= 11 is 0. The van der Waals surface area contributed by atoms with Crippen LogP contribution in [-0.4, -0.2) is 55.3 Å². The number of hydrogen-bond acceptors (Lipinski definition) is 6. The molecule has 9 nitrogen and oxygen atoms in total. The van der Waals surface area contributed by atoms with Gasteiger partial charge >= 0.3 is 0 Å². The number of rotatable bonds is 6. The van der Waals surface area contributed by atoms with E-state index in [-0.39, 0.29) is 11.8 Å². The Morgan fingerprint density at radius 2 is 2.25 bits per heavy atom. The molecule has 0 spiro atoms. The molecule has 1 saturated heterocycles. The molecule has 3 aromatic rings. The van der Waals surface area contributed by atoms with Crippen molar-refractivity contribution in [2.24, 2.45) is 7.05 Å². The second-order valence-corrected chi connectivity index (χ2v) is 7.06. The third-order valence-electron chi connectivity index (χ3n) is 5.11. The van der Waals surface area contributed by atoms with E-state index in [2.05, 4.69) is 15.2 Å². The Kier molecular flexibility index (Phi) is 5.25. The number of likely N-dealkylation sites (tertiary alicyclic amines) is 1. The first-order chi connectivity index (χ1) is 13.7. The van der Waals surface area contributed by atoms with E-state index in [1.807, 2.05) is 27.3 Å². The van der Waals surface area contributed by atoms with E-state index in [4.69, 9.17) is 9.15 Å². The highest BCUT2D eigenvalue weighted by Gasteiger charge is 2.30. The number of ether oxygens (including phenoxy) is 1. The van der Waals surface area contributed by atoms with E-state index < -0.39 is 0 Å². The number of hydrogen-bond donors (Lipinski definition) is 0. The zero-order valence-corrected chi connectivity index (χ0v) is 16.1. The summed E-state index contributed by atoms with van der Waals surface area (Å²) in [6.07, 6.45) is 7.31. The van der Waals surface area contributed by atoms with Crippen LogP contribution in [0.25, 0.3) is 0 Å². The molecule has 4 heterocycles. The first-order valence-corrected chi connectivity index (χ1v) is 9.36. The fourth-order valence-electron chi connectivity index (χ4n) is 3.65. The van der Waals surface area contributed by atoms with Crippen molar-refractivity contribution in [3.8, 4) is 0 Å². The molecule has 0 radical (unpaired) electrons. The molecule has 1 amide bonds. The van der Waals surface area contributed by atoms with Crippen molar-refractivity contribution >= 4 is 5.91 Å². The van der Waals surface area contributed by atoms with E-state index in [0.717, 1.165) is 31.0 Å². The lowest BCUT2D eigenvalue weighted by Crippen LogP contribution is -2.39. The van der Waals surface area contributed by atoms with Crippen LogP contribution in [0.2, 0.25) is 0 Å². The highest BCUT2D eigenvalue weighted by atomic mass is 16.5. The number of furan rings is 1. The van der Waals surface area contributed by atoms with E-state index >= 15 is 0 Å². The second-order valence-electron chi connectivity index (χ2n) is 7.06. The minimum absolute atomic E-state index is 0.0899. The van der Waals surface area contributed by atoms with Crippen molar-refractivity contribution < 1.29 is 13.9 Å². The Balaban J connectivity index is 1.46. The van der Waals surface area contributed by atoms with Gasteiger partial charge in [0, 0.05) is 45.6 Å². The van der Waals surface area contributed by atoms with Crippen LogP contribution >= 0.6 is 0 Å². The number of nitrogens with zero attached hydrogens (tertiary/aromatic N) is 6. The molecular weight excluding hydrogens is 360 g/mol. The van der Waals surface area contributed by atoms with Gasteiger partial charge in [-0.1, -0.05) is 0 Å². The molecule has 1 aliphatic heterocycles. The third-order valence-corrected chi connectivity index (χ3v) is 5.11. The number of methoxy groups -OCH3 is 1. The zero-order valence-electron chi connectivity index (χ0n) is 16.1. The molecule has 0 N–H and O–H groups in total. The maximum Gasteiger partial charge on any atom is 0.289 e. The standard InChI is InChI=1S/C19H24N6O3/c1-23-17(11-24-9-7-20-13-24)21-22-18(23)14-4-3-8-25(10-14)19(26)16-6-5-15(28-16)12-27-2/h5-7,9,13-14H,3-4,8,10-12H2,1-2H3. The van der Waals surface area contributed by atoms with Crippen LogP contribution in [0.1, 0.15) is 46.7 Å². The van der Waals surface area contributed by atoms with Gasteiger partial charge in [0.2, 0.25) is 0 Å². The highest BCUT2D eigenvalue weighted by molar-refractivity contribution is 5.91. The number of carbonyl (C=O) groups excluding carboxylic acids is 1. The Morgan fingerprint density at radius 3 is 3.04 bits per heavy atom. The fourth-order valence-corrected chi connectivity index (χ4v) is 3.65. The SMILES string of the molecule is COCc1ccc(C(=O)N2CCCC(c3nnc(Cn4ccnc4)n3C)C2)o1. The van der Waals surface area contributed by atoms with E-state index in [9.17, 15) is 4.79 Å². The number of amides is 1. The Labute approximate surface area is 162 Å². The quantitative estimate of drug-likeness (QED) is 0.644. The molecule has 1 atom stereocenters. The largest absolute Gasteiger partial charge is 0.453 e. The average Bonchev–Trinajstić information content (AvgIpc) is 3.45. The van der Waals surface area contributed by atoms with Crippen molar-refractivity contribution in [2.75, 3.05) is 20.2 Å². The fraction of sp³-hybridized carbons (Fsp3) is 0.474. The molecule has 148 valence electrons. The van der Waals surface area contributed by atoms with Crippen LogP contribution in [0.3, 0.4) is 0 Å². The smallest absolute Gasteiger partial charge is 0.289 e. The van der Waals surface area contributed by atoms with Gasteiger partial charge in [0.25, 0.3) is 5.91 Å². The van der Waals surface area contributed by atoms with Gasteiger partial charge in [-0.3, -0.25) is 4.79 Å². The van der Waals surface area contributed by atoms with E-state index in [1.165, 1.54) is 0 Å². The van der Waals surface area contributed by atoms with Crippen LogP contribution in [-0.2, 0) is 24.9 Å². The maximum atomic E-state index is 12.8. The van der Waals surface area contributed by atoms with Crippen molar-refractivity contribution in [1.82, 2.24) is 29.2 Å². The lowest BCUT2D eigenvalue weighted by atomic mass is 9.97. The van der Waals surface area contributed by atoms with Crippen molar-refractivity contribution in [1.29, 1.82) is 0 Å². The second kappa shape index (κ2) is 7.97. The van der Waals surface area contributed by atoms with Gasteiger partial charge in [-0.25, -0.2) is 4.98 Å². The van der Waals surface area contributed by atoms with Crippen LogP contribution in [0, 0.1) is 0 Å². The Morgan fingerprint density at radius 1 is 1.36 bits per heavy atom. The molecule has 28 heavy (non-hydrogen) atoms. The van der Waals surface area contributed by atoms with E-state index in [0.29, 0.717) is 31.2 Å². The Hall–Kier alpha value is -2.94. The number of imidazole rings is 1. The monoisotopic (exact) mass is 384 g/mol. The summed E-state index contributed by atoms with van der Waals surface area (Å²) in [5.74, 6) is 2.84. The molecular formula is C19H24N6O3. The van der Waals surface area contributed by atoms with Gasteiger partial charge in [0.05, 0.1) is 12.9 Å². The molecule has 0 aromatic carbocycles. The first kappa shape index (κ1) is 18.4. The summed E-state index contributed by atoms with van der Waals surface area (Å²) in [6, 6.07) is 3.50. The number of carbonyl (C=O) groups is 1. The molecule has 3 aromatic heterocycles. The van der Waals surface area contributed by atoms with Crippen molar-refractivity contribution in [3.63, 3.8) is 0 Å². The van der Waals surface area contributed by atoms with Crippen LogP contribution in [0.5, 0.6) is 0 Å². The molecule has 0 saturated carbocycles. The van der Waals surface area contributed by atoms with Crippen LogP contribution < -0.4 is 0 Å². The van der Waals surface area contributed by atoms with Crippen molar-refractivity contribution in [3.05, 3.63) is 54.0 Å². The minimum atomic E-state index is -0.0899. The molecule has 1 fully saturated rings. The average molecular weight is 384 g/mol. The topological polar surface area (TPSA) is 91.2 Å². The zero-order chi connectivity index (χ0) is 19.5. The van der Waals surface area contributed by atoms with Gasteiger partial charge in [0.15, 0.2) is 11.6 Å². The number of piperidine rings is 1. The maximum absolute atomic E-state index is 12.8. The first-order valence-electron chi connectivity index (χ1n) is 9.36. The lowest BCUT2D eigenvalue weighted by molar-refractivity contribution is 0.0664. The van der Waals surface area contributed by atoms with Gasteiger partial charge in [-0.15, -0.1) is 10.2 Å².